The zero-order valence-electron chi connectivity index (χ0n) is 20.8. The molecule has 0 saturated carbocycles. The highest BCUT2D eigenvalue weighted by Crippen LogP contribution is 2.48. The Morgan fingerprint density at radius 1 is 1.11 bits per heavy atom. The molecule has 2 aliphatic heterocycles. The summed E-state index contributed by atoms with van der Waals surface area (Å²) in [7, 11) is 1.68. The molecule has 192 valence electrons. The number of likely N-dealkylation sites (tertiary alicyclic amines) is 1. The van der Waals surface area contributed by atoms with Crippen molar-refractivity contribution >= 4 is 41.0 Å². The van der Waals surface area contributed by atoms with E-state index in [9.17, 15) is 4.79 Å². The maximum absolute atomic E-state index is 13.3. The lowest BCUT2D eigenvalue weighted by Crippen LogP contribution is -2.47. The van der Waals surface area contributed by atoms with E-state index in [4.69, 9.17) is 27.9 Å². The Morgan fingerprint density at radius 2 is 1.89 bits per heavy atom. The van der Waals surface area contributed by atoms with E-state index in [-0.39, 0.29) is 11.4 Å². The lowest BCUT2D eigenvalue weighted by Gasteiger charge is -2.39. The van der Waals surface area contributed by atoms with Gasteiger partial charge in [0.25, 0.3) is 0 Å². The Morgan fingerprint density at radius 3 is 2.62 bits per heavy atom. The smallest absolute Gasteiger partial charge is 0.322 e. The SMILES string of the molecule is COc1ccc2c(c1)C1(CCN(C/C=C/c3ccc(Cl)cc3)CC1)CN2C(=O)NCc1ccnc(Cl)c1. The number of fused-ring (bicyclic) bond motifs is 2. The number of hydrogen-bond donors (Lipinski definition) is 1. The summed E-state index contributed by atoms with van der Waals surface area (Å²) in [4.78, 5) is 21.7. The van der Waals surface area contributed by atoms with Gasteiger partial charge in [0, 0.05) is 42.0 Å². The first-order valence-corrected chi connectivity index (χ1v) is 13.2. The number of carbonyl (C=O) groups excluding carboxylic acids is 1. The number of ether oxygens (including phenoxy) is 1. The quantitative estimate of drug-likeness (QED) is 0.382. The van der Waals surface area contributed by atoms with Gasteiger partial charge in [-0.05, 0) is 85.1 Å². The second kappa shape index (κ2) is 11.1. The zero-order chi connectivity index (χ0) is 25.8. The molecule has 5 rings (SSSR count). The Labute approximate surface area is 227 Å². The van der Waals surface area contributed by atoms with E-state index < -0.39 is 0 Å². The molecule has 0 aliphatic carbocycles. The van der Waals surface area contributed by atoms with E-state index >= 15 is 0 Å². The summed E-state index contributed by atoms with van der Waals surface area (Å²) in [6.45, 7) is 3.87. The number of pyridine rings is 1. The molecule has 0 bridgehead atoms. The number of urea groups is 1. The molecule has 2 aromatic carbocycles. The van der Waals surface area contributed by atoms with Crippen LogP contribution in [0.3, 0.4) is 0 Å². The van der Waals surface area contributed by atoms with Gasteiger partial charge in [0.05, 0.1) is 7.11 Å². The van der Waals surface area contributed by atoms with Crippen LogP contribution in [0.4, 0.5) is 10.5 Å². The molecule has 3 heterocycles. The summed E-state index contributed by atoms with van der Waals surface area (Å²) < 4.78 is 5.54. The highest BCUT2D eigenvalue weighted by atomic mass is 35.5. The highest BCUT2D eigenvalue weighted by molar-refractivity contribution is 6.30. The predicted octanol–water partition coefficient (Wildman–Crippen LogP) is 6.17. The van der Waals surface area contributed by atoms with E-state index in [1.165, 1.54) is 5.56 Å². The zero-order valence-corrected chi connectivity index (χ0v) is 22.3. The van der Waals surface area contributed by atoms with Crippen molar-refractivity contribution in [3.8, 4) is 5.75 Å². The van der Waals surface area contributed by atoms with Crippen LogP contribution in [0.5, 0.6) is 5.75 Å². The molecule has 0 unspecified atom stereocenters. The third kappa shape index (κ3) is 5.77. The minimum absolute atomic E-state index is 0.0857. The molecule has 2 amide bonds. The molecular formula is C29H30Cl2N4O2. The third-order valence-electron chi connectivity index (χ3n) is 7.36. The fourth-order valence-corrected chi connectivity index (χ4v) is 5.61. The van der Waals surface area contributed by atoms with E-state index in [2.05, 4.69) is 33.4 Å². The van der Waals surface area contributed by atoms with Crippen LogP contribution in [-0.4, -0.2) is 49.2 Å². The van der Waals surface area contributed by atoms with Crippen molar-refractivity contribution in [2.45, 2.75) is 24.8 Å². The van der Waals surface area contributed by atoms with Gasteiger partial charge < -0.3 is 10.1 Å². The lowest BCUT2D eigenvalue weighted by atomic mass is 9.74. The van der Waals surface area contributed by atoms with Crippen molar-refractivity contribution in [3.63, 3.8) is 0 Å². The van der Waals surface area contributed by atoms with Crippen LogP contribution in [0, 0.1) is 0 Å². The Balaban J connectivity index is 1.26. The minimum atomic E-state index is -0.107. The maximum atomic E-state index is 13.3. The van der Waals surface area contributed by atoms with Gasteiger partial charge in [0.15, 0.2) is 0 Å². The van der Waals surface area contributed by atoms with Crippen LogP contribution in [0.15, 0.2) is 66.9 Å². The number of nitrogens with one attached hydrogen (secondary N) is 1. The number of hydrogen-bond acceptors (Lipinski definition) is 4. The van der Waals surface area contributed by atoms with Crippen molar-refractivity contribution in [1.82, 2.24) is 15.2 Å². The van der Waals surface area contributed by atoms with Gasteiger partial charge in [-0.25, -0.2) is 9.78 Å². The predicted molar refractivity (Wildman–Crippen MR) is 150 cm³/mol. The molecule has 0 radical (unpaired) electrons. The van der Waals surface area contributed by atoms with Crippen LogP contribution in [0.2, 0.25) is 10.2 Å². The molecule has 1 aromatic heterocycles. The molecule has 3 aromatic rings. The van der Waals surface area contributed by atoms with E-state index in [1.807, 2.05) is 47.4 Å². The van der Waals surface area contributed by atoms with Crippen LogP contribution in [0.25, 0.3) is 6.08 Å². The summed E-state index contributed by atoms with van der Waals surface area (Å²) in [5.74, 6) is 0.820. The summed E-state index contributed by atoms with van der Waals surface area (Å²) in [6, 6.07) is 17.4. The molecule has 6 nitrogen and oxygen atoms in total. The van der Waals surface area contributed by atoms with Crippen molar-refractivity contribution < 1.29 is 9.53 Å². The number of amides is 2. The normalized spacial score (nSPS) is 16.8. The molecular weight excluding hydrogens is 507 g/mol. The van der Waals surface area contributed by atoms with Crippen molar-refractivity contribution in [2.24, 2.45) is 0 Å². The monoisotopic (exact) mass is 536 g/mol. The third-order valence-corrected chi connectivity index (χ3v) is 7.82. The van der Waals surface area contributed by atoms with Crippen molar-refractivity contribution in [2.75, 3.05) is 38.2 Å². The number of nitrogens with zero attached hydrogens (tertiary/aromatic N) is 3. The van der Waals surface area contributed by atoms with Gasteiger partial charge in [0.2, 0.25) is 0 Å². The molecule has 1 fully saturated rings. The second-order valence-corrected chi connectivity index (χ2v) is 10.5. The average Bonchev–Trinajstić information content (AvgIpc) is 3.23. The number of anilines is 1. The van der Waals surface area contributed by atoms with Crippen LogP contribution >= 0.6 is 23.2 Å². The van der Waals surface area contributed by atoms with Crippen LogP contribution in [-0.2, 0) is 12.0 Å². The van der Waals surface area contributed by atoms with E-state index in [0.717, 1.165) is 60.1 Å². The Kier molecular flexibility index (Phi) is 7.70. The first-order chi connectivity index (χ1) is 18.0. The lowest BCUT2D eigenvalue weighted by molar-refractivity contribution is 0.180. The summed E-state index contributed by atoms with van der Waals surface area (Å²) in [5, 5.41) is 4.22. The van der Waals surface area contributed by atoms with Crippen molar-refractivity contribution in [1.29, 1.82) is 0 Å². The second-order valence-electron chi connectivity index (χ2n) is 9.65. The highest BCUT2D eigenvalue weighted by Gasteiger charge is 2.46. The van der Waals surface area contributed by atoms with Gasteiger partial charge >= 0.3 is 6.03 Å². The maximum Gasteiger partial charge on any atom is 0.322 e. The van der Waals surface area contributed by atoms with Crippen molar-refractivity contribution in [3.05, 3.63) is 93.7 Å². The number of halogens is 2. The van der Waals surface area contributed by atoms with E-state index in [0.29, 0.717) is 18.2 Å². The van der Waals surface area contributed by atoms with E-state index in [1.54, 1.807) is 19.4 Å². The fourth-order valence-electron chi connectivity index (χ4n) is 5.28. The van der Waals surface area contributed by atoms with Gasteiger partial charge in [0.1, 0.15) is 10.9 Å². The summed E-state index contributed by atoms with van der Waals surface area (Å²) in [5.41, 5.74) is 4.13. The number of aromatic nitrogens is 1. The van der Waals surface area contributed by atoms with Crippen LogP contribution < -0.4 is 15.0 Å². The average molecular weight is 537 g/mol. The number of rotatable bonds is 6. The van der Waals surface area contributed by atoms with Gasteiger partial charge in [-0.3, -0.25) is 9.80 Å². The van der Waals surface area contributed by atoms with Gasteiger partial charge in [-0.1, -0.05) is 47.5 Å². The van der Waals surface area contributed by atoms with Gasteiger partial charge in [-0.2, -0.15) is 0 Å². The Bertz CT molecular complexity index is 1290. The first-order valence-electron chi connectivity index (χ1n) is 12.4. The molecule has 0 atom stereocenters. The molecule has 1 saturated heterocycles. The minimum Gasteiger partial charge on any atom is -0.497 e. The largest absolute Gasteiger partial charge is 0.497 e. The first kappa shape index (κ1) is 25.6. The number of benzene rings is 2. The molecule has 2 aliphatic rings. The fraction of sp³-hybridized carbons (Fsp3) is 0.310. The summed E-state index contributed by atoms with van der Waals surface area (Å²) in [6.07, 6.45) is 7.95. The molecule has 1 N–H and O–H groups in total. The number of carbonyl (C=O) groups is 1. The topological polar surface area (TPSA) is 57.7 Å². The Hall–Kier alpha value is -3.06. The van der Waals surface area contributed by atoms with Crippen LogP contribution in [0.1, 0.15) is 29.5 Å². The molecule has 1 spiro atoms. The summed E-state index contributed by atoms with van der Waals surface area (Å²) >= 11 is 12.0. The number of piperidine rings is 1. The molecule has 37 heavy (non-hydrogen) atoms. The number of methoxy groups -OCH3 is 1. The molecule has 8 heteroatoms. The van der Waals surface area contributed by atoms with Gasteiger partial charge in [-0.15, -0.1) is 0 Å². The standard InChI is InChI=1S/C29H30Cl2N4O2/c1-37-24-8-9-26-25(18-24)29(20-35(26)28(36)33-19-22-10-13-32-27(31)17-22)11-15-34(16-12-29)14-2-3-21-4-6-23(30)7-5-21/h2-10,13,17-18H,11-12,14-16,19-20H2,1H3,(H,33,36)/b3-2+.